The van der Waals surface area contributed by atoms with Crippen molar-refractivity contribution in [3.8, 4) is 0 Å². The van der Waals surface area contributed by atoms with Crippen molar-refractivity contribution in [2.45, 2.75) is 12.0 Å². The Balaban J connectivity index is 1.77. The Labute approximate surface area is 95.8 Å². The van der Waals surface area contributed by atoms with E-state index in [9.17, 15) is 0 Å². The minimum absolute atomic E-state index is 0.217. The molecule has 0 aliphatic carbocycles. The zero-order valence-corrected chi connectivity index (χ0v) is 9.32. The summed E-state index contributed by atoms with van der Waals surface area (Å²) in [7, 11) is 0. The van der Waals surface area contributed by atoms with Crippen LogP contribution in [0.25, 0.3) is 0 Å². The van der Waals surface area contributed by atoms with Crippen LogP contribution in [-0.2, 0) is 9.47 Å². The summed E-state index contributed by atoms with van der Waals surface area (Å²) in [5.41, 5.74) is 2.68. The molecule has 1 aromatic rings. The normalized spacial score (nSPS) is 26.4. The van der Waals surface area contributed by atoms with E-state index in [0.717, 1.165) is 32.9 Å². The molecule has 0 amide bonds. The first kappa shape index (κ1) is 10.3. The summed E-state index contributed by atoms with van der Waals surface area (Å²) in [4.78, 5) is 0. The second-order valence-corrected chi connectivity index (χ2v) is 4.47. The number of morpholine rings is 1. The maximum Gasteiger partial charge on any atom is 0.0949 e. The van der Waals surface area contributed by atoms with Crippen LogP contribution >= 0.6 is 0 Å². The van der Waals surface area contributed by atoms with Crippen LogP contribution in [0.15, 0.2) is 24.3 Å². The molecule has 1 unspecified atom stereocenters. The maximum absolute atomic E-state index is 5.76. The third kappa shape index (κ3) is 1.98. The lowest BCUT2D eigenvalue weighted by Crippen LogP contribution is -2.33. The van der Waals surface area contributed by atoms with Crippen LogP contribution in [0.4, 0.5) is 0 Å². The van der Waals surface area contributed by atoms with Crippen molar-refractivity contribution in [2.24, 2.45) is 0 Å². The molecular formula is C13H17NO2. The van der Waals surface area contributed by atoms with Gasteiger partial charge >= 0.3 is 0 Å². The van der Waals surface area contributed by atoms with Crippen molar-refractivity contribution in [3.05, 3.63) is 35.4 Å². The summed E-state index contributed by atoms with van der Waals surface area (Å²) in [5.74, 6) is 0.594. The quantitative estimate of drug-likeness (QED) is 0.817. The summed E-state index contributed by atoms with van der Waals surface area (Å²) in [6.07, 6.45) is 0.217. The lowest BCUT2D eigenvalue weighted by atomic mass is 9.94. The molecular weight excluding hydrogens is 202 g/mol. The largest absolute Gasteiger partial charge is 0.380 e. The van der Waals surface area contributed by atoms with Crippen molar-refractivity contribution in [3.63, 3.8) is 0 Å². The first-order valence-corrected chi connectivity index (χ1v) is 5.93. The number of hydrogen-bond donors (Lipinski definition) is 1. The van der Waals surface area contributed by atoms with Gasteiger partial charge in [0.2, 0.25) is 0 Å². The summed E-state index contributed by atoms with van der Waals surface area (Å²) in [5, 5.41) is 3.36. The van der Waals surface area contributed by atoms with Crippen molar-refractivity contribution in [1.82, 2.24) is 5.32 Å². The molecule has 1 atom stereocenters. The van der Waals surface area contributed by atoms with Crippen LogP contribution in [0.5, 0.6) is 0 Å². The van der Waals surface area contributed by atoms with E-state index in [4.69, 9.17) is 9.47 Å². The zero-order chi connectivity index (χ0) is 10.8. The van der Waals surface area contributed by atoms with Gasteiger partial charge in [0.15, 0.2) is 0 Å². The topological polar surface area (TPSA) is 30.5 Å². The molecule has 1 aromatic carbocycles. The van der Waals surface area contributed by atoms with Gasteiger partial charge in [-0.25, -0.2) is 0 Å². The molecule has 86 valence electrons. The SMILES string of the molecule is c1cc(C2COC2)cc(C2CNCCO2)c1. The van der Waals surface area contributed by atoms with E-state index < -0.39 is 0 Å². The van der Waals surface area contributed by atoms with Crippen LogP contribution in [0.3, 0.4) is 0 Å². The molecule has 0 aromatic heterocycles. The molecule has 0 bridgehead atoms. The number of ether oxygens (including phenoxy) is 2. The molecule has 2 aliphatic heterocycles. The molecule has 2 heterocycles. The highest BCUT2D eigenvalue weighted by Gasteiger charge is 2.22. The summed E-state index contributed by atoms with van der Waals surface area (Å²) in [6, 6.07) is 8.74. The van der Waals surface area contributed by atoms with E-state index in [1.54, 1.807) is 0 Å². The minimum atomic E-state index is 0.217. The molecule has 2 aliphatic rings. The first-order chi connectivity index (χ1) is 7.93. The standard InChI is InChI=1S/C13H17NO2/c1-2-10(12-8-15-9-12)6-11(3-1)13-7-14-4-5-16-13/h1-3,6,12-14H,4-5,7-9H2. The van der Waals surface area contributed by atoms with E-state index in [1.807, 2.05) is 0 Å². The molecule has 2 fully saturated rings. The second-order valence-electron chi connectivity index (χ2n) is 4.47. The highest BCUT2D eigenvalue weighted by atomic mass is 16.5. The van der Waals surface area contributed by atoms with Gasteiger partial charge in [-0.15, -0.1) is 0 Å². The number of hydrogen-bond acceptors (Lipinski definition) is 3. The molecule has 2 saturated heterocycles. The third-order valence-electron chi connectivity index (χ3n) is 3.32. The molecule has 3 nitrogen and oxygen atoms in total. The van der Waals surface area contributed by atoms with Gasteiger partial charge < -0.3 is 14.8 Å². The van der Waals surface area contributed by atoms with E-state index >= 15 is 0 Å². The number of benzene rings is 1. The van der Waals surface area contributed by atoms with Crippen LogP contribution < -0.4 is 5.32 Å². The summed E-state index contributed by atoms with van der Waals surface area (Å²) >= 11 is 0. The van der Waals surface area contributed by atoms with Crippen LogP contribution in [0, 0.1) is 0 Å². The van der Waals surface area contributed by atoms with Gasteiger partial charge in [-0.2, -0.15) is 0 Å². The van der Waals surface area contributed by atoms with Gasteiger partial charge in [-0.05, 0) is 11.1 Å². The van der Waals surface area contributed by atoms with E-state index in [2.05, 4.69) is 29.6 Å². The predicted octanol–water partition coefficient (Wildman–Crippen LogP) is 1.46. The van der Waals surface area contributed by atoms with Crippen LogP contribution in [0.1, 0.15) is 23.1 Å². The zero-order valence-electron chi connectivity index (χ0n) is 9.32. The van der Waals surface area contributed by atoms with Crippen molar-refractivity contribution >= 4 is 0 Å². The Morgan fingerprint density at radius 1 is 1.19 bits per heavy atom. The molecule has 0 spiro atoms. The van der Waals surface area contributed by atoms with Gasteiger partial charge in [0, 0.05) is 19.0 Å². The molecule has 0 radical (unpaired) electrons. The lowest BCUT2D eigenvalue weighted by Gasteiger charge is -2.28. The van der Waals surface area contributed by atoms with Crippen molar-refractivity contribution in [1.29, 1.82) is 0 Å². The Kier molecular flexibility index (Phi) is 2.91. The van der Waals surface area contributed by atoms with Crippen LogP contribution in [0.2, 0.25) is 0 Å². The summed E-state index contributed by atoms with van der Waals surface area (Å²) < 4.78 is 11.0. The van der Waals surface area contributed by atoms with E-state index in [0.29, 0.717) is 5.92 Å². The monoisotopic (exact) mass is 219 g/mol. The van der Waals surface area contributed by atoms with Crippen molar-refractivity contribution < 1.29 is 9.47 Å². The van der Waals surface area contributed by atoms with Gasteiger partial charge in [0.1, 0.15) is 0 Å². The highest BCUT2D eigenvalue weighted by molar-refractivity contribution is 5.29. The average molecular weight is 219 g/mol. The van der Waals surface area contributed by atoms with Crippen LogP contribution in [-0.4, -0.2) is 32.9 Å². The third-order valence-corrected chi connectivity index (χ3v) is 3.32. The van der Waals surface area contributed by atoms with Gasteiger partial charge in [0.05, 0.1) is 25.9 Å². The Morgan fingerprint density at radius 2 is 2.06 bits per heavy atom. The van der Waals surface area contributed by atoms with Gasteiger partial charge in [-0.1, -0.05) is 24.3 Å². The second kappa shape index (κ2) is 4.53. The first-order valence-electron chi connectivity index (χ1n) is 5.93. The Bertz CT molecular complexity index is 357. The molecule has 3 heteroatoms. The van der Waals surface area contributed by atoms with Gasteiger partial charge in [-0.3, -0.25) is 0 Å². The molecule has 3 rings (SSSR count). The molecule has 0 saturated carbocycles. The number of nitrogens with one attached hydrogen (secondary N) is 1. The minimum Gasteiger partial charge on any atom is -0.380 e. The smallest absolute Gasteiger partial charge is 0.0949 e. The fourth-order valence-electron chi connectivity index (χ4n) is 2.22. The van der Waals surface area contributed by atoms with Crippen molar-refractivity contribution in [2.75, 3.05) is 32.9 Å². The maximum atomic E-state index is 5.76. The average Bonchev–Trinajstić information content (AvgIpc) is 2.28. The Hall–Kier alpha value is -0.900. The van der Waals surface area contributed by atoms with Gasteiger partial charge in [0.25, 0.3) is 0 Å². The fourth-order valence-corrected chi connectivity index (χ4v) is 2.22. The lowest BCUT2D eigenvalue weighted by molar-refractivity contribution is 0.00780. The fraction of sp³-hybridized carbons (Fsp3) is 0.538. The summed E-state index contributed by atoms with van der Waals surface area (Å²) in [6.45, 7) is 4.43. The number of rotatable bonds is 2. The predicted molar refractivity (Wildman–Crippen MR) is 61.6 cm³/mol. The van der Waals surface area contributed by atoms with E-state index in [-0.39, 0.29) is 6.10 Å². The molecule has 16 heavy (non-hydrogen) atoms. The highest BCUT2D eigenvalue weighted by Crippen LogP contribution is 2.27. The molecule has 1 N–H and O–H groups in total. The van der Waals surface area contributed by atoms with E-state index in [1.165, 1.54) is 11.1 Å². The Morgan fingerprint density at radius 3 is 2.75 bits per heavy atom.